The standard InChI is InChI=1S/C15H17N3O3/c1-11-16-14(21-17-11)13-7-8-18(9-13)15(19)20-10-12-5-3-2-4-6-12/h2-6,13H,7-10H2,1H3. The molecule has 0 saturated carbocycles. The number of carbonyl (C=O) groups excluding carboxylic acids is 1. The second-order valence-corrected chi connectivity index (χ2v) is 5.15. The Hall–Kier alpha value is -2.37. The summed E-state index contributed by atoms with van der Waals surface area (Å²) < 4.78 is 10.5. The van der Waals surface area contributed by atoms with Crippen LogP contribution in [0.3, 0.4) is 0 Å². The monoisotopic (exact) mass is 287 g/mol. The fourth-order valence-electron chi connectivity index (χ4n) is 2.42. The highest BCUT2D eigenvalue weighted by Gasteiger charge is 2.31. The van der Waals surface area contributed by atoms with Crippen molar-refractivity contribution in [2.45, 2.75) is 25.9 Å². The molecule has 3 rings (SSSR count). The SMILES string of the molecule is Cc1noc(C2CCN(C(=O)OCc3ccccc3)C2)n1. The number of aryl methyl sites for hydroxylation is 1. The largest absolute Gasteiger partial charge is 0.445 e. The van der Waals surface area contributed by atoms with Crippen LogP contribution in [0.5, 0.6) is 0 Å². The molecule has 0 aliphatic carbocycles. The van der Waals surface area contributed by atoms with E-state index >= 15 is 0 Å². The molecule has 1 aromatic heterocycles. The van der Waals surface area contributed by atoms with E-state index in [1.54, 1.807) is 11.8 Å². The second-order valence-electron chi connectivity index (χ2n) is 5.15. The average molecular weight is 287 g/mol. The normalized spacial score (nSPS) is 18.0. The number of hydrogen-bond acceptors (Lipinski definition) is 5. The minimum Gasteiger partial charge on any atom is -0.445 e. The molecule has 1 fully saturated rings. The molecular weight excluding hydrogens is 270 g/mol. The van der Waals surface area contributed by atoms with Crippen molar-refractivity contribution in [3.8, 4) is 0 Å². The minimum atomic E-state index is -0.294. The van der Waals surface area contributed by atoms with Crippen molar-refractivity contribution in [2.75, 3.05) is 13.1 Å². The van der Waals surface area contributed by atoms with Gasteiger partial charge >= 0.3 is 6.09 Å². The third kappa shape index (κ3) is 3.21. The summed E-state index contributed by atoms with van der Waals surface area (Å²) in [5, 5.41) is 3.79. The Bertz CT molecular complexity index is 612. The fraction of sp³-hybridized carbons (Fsp3) is 0.400. The Morgan fingerprint density at radius 1 is 1.43 bits per heavy atom. The van der Waals surface area contributed by atoms with E-state index in [0.717, 1.165) is 12.0 Å². The zero-order chi connectivity index (χ0) is 14.7. The van der Waals surface area contributed by atoms with Gasteiger partial charge in [0.25, 0.3) is 0 Å². The van der Waals surface area contributed by atoms with Gasteiger partial charge in [0.15, 0.2) is 5.82 Å². The van der Waals surface area contributed by atoms with Crippen molar-refractivity contribution in [2.24, 2.45) is 0 Å². The van der Waals surface area contributed by atoms with E-state index in [2.05, 4.69) is 10.1 Å². The molecule has 110 valence electrons. The predicted molar refractivity (Wildman–Crippen MR) is 74.6 cm³/mol. The van der Waals surface area contributed by atoms with Gasteiger partial charge in [-0.25, -0.2) is 4.79 Å². The van der Waals surface area contributed by atoms with Gasteiger partial charge in [-0.3, -0.25) is 0 Å². The fourth-order valence-corrected chi connectivity index (χ4v) is 2.42. The maximum atomic E-state index is 12.0. The highest BCUT2D eigenvalue weighted by atomic mass is 16.6. The summed E-state index contributed by atoms with van der Waals surface area (Å²) in [6, 6.07) is 9.64. The maximum absolute atomic E-state index is 12.0. The molecule has 2 aromatic rings. The first-order chi connectivity index (χ1) is 10.2. The zero-order valence-corrected chi connectivity index (χ0v) is 11.9. The third-order valence-corrected chi connectivity index (χ3v) is 3.54. The topological polar surface area (TPSA) is 68.5 Å². The van der Waals surface area contributed by atoms with Crippen LogP contribution >= 0.6 is 0 Å². The van der Waals surface area contributed by atoms with Crippen LogP contribution in [0.25, 0.3) is 0 Å². The van der Waals surface area contributed by atoms with Crippen LogP contribution in [-0.2, 0) is 11.3 Å². The lowest BCUT2D eigenvalue weighted by Gasteiger charge is -2.15. The van der Waals surface area contributed by atoms with Crippen molar-refractivity contribution in [1.82, 2.24) is 15.0 Å². The van der Waals surface area contributed by atoms with Gasteiger partial charge in [0, 0.05) is 13.1 Å². The number of rotatable bonds is 3. The molecule has 6 heteroatoms. The Kier molecular flexibility index (Phi) is 3.85. The summed E-state index contributed by atoms with van der Waals surface area (Å²) in [5.74, 6) is 1.33. The molecule has 1 amide bonds. The van der Waals surface area contributed by atoms with Gasteiger partial charge < -0.3 is 14.2 Å². The minimum absolute atomic E-state index is 0.107. The predicted octanol–water partition coefficient (Wildman–Crippen LogP) is 2.50. The van der Waals surface area contributed by atoms with Gasteiger partial charge in [-0.15, -0.1) is 0 Å². The van der Waals surface area contributed by atoms with E-state index < -0.39 is 0 Å². The van der Waals surface area contributed by atoms with Crippen molar-refractivity contribution < 1.29 is 14.1 Å². The second kappa shape index (κ2) is 5.95. The van der Waals surface area contributed by atoms with E-state index in [1.165, 1.54) is 0 Å². The summed E-state index contributed by atoms with van der Waals surface area (Å²) in [4.78, 5) is 17.9. The first kappa shape index (κ1) is 13.6. The Morgan fingerprint density at radius 2 is 2.24 bits per heavy atom. The summed E-state index contributed by atoms with van der Waals surface area (Å²) >= 11 is 0. The molecule has 0 radical (unpaired) electrons. The third-order valence-electron chi connectivity index (χ3n) is 3.54. The summed E-state index contributed by atoms with van der Waals surface area (Å²) in [5.41, 5.74) is 0.981. The smallest absolute Gasteiger partial charge is 0.410 e. The number of carbonyl (C=O) groups is 1. The van der Waals surface area contributed by atoms with Gasteiger partial charge in [0.2, 0.25) is 5.89 Å². The van der Waals surface area contributed by atoms with E-state index in [-0.39, 0.29) is 12.0 Å². The molecule has 1 aromatic carbocycles. The first-order valence-corrected chi connectivity index (χ1v) is 6.98. The molecule has 6 nitrogen and oxygen atoms in total. The highest BCUT2D eigenvalue weighted by Crippen LogP contribution is 2.26. The van der Waals surface area contributed by atoms with E-state index in [4.69, 9.17) is 9.26 Å². The van der Waals surface area contributed by atoms with Gasteiger partial charge in [0.05, 0.1) is 5.92 Å². The maximum Gasteiger partial charge on any atom is 0.410 e. The van der Waals surface area contributed by atoms with Crippen LogP contribution in [0.15, 0.2) is 34.9 Å². The van der Waals surface area contributed by atoms with Gasteiger partial charge in [-0.05, 0) is 18.9 Å². The lowest BCUT2D eigenvalue weighted by molar-refractivity contribution is 0.103. The van der Waals surface area contributed by atoms with E-state index in [1.807, 2.05) is 30.3 Å². The molecule has 1 saturated heterocycles. The lowest BCUT2D eigenvalue weighted by Crippen LogP contribution is -2.29. The number of aromatic nitrogens is 2. The van der Waals surface area contributed by atoms with Crippen molar-refractivity contribution >= 4 is 6.09 Å². The Morgan fingerprint density at radius 3 is 2.95 bits per heavy atom. The van der Waals surface area contributed by atoms with Crippen LogP contribution in [0.2, 0.25) is 0 Å². The Labute approximate surface area is 122 Å². The number of ether oxygens (including phenoxy) is 1. The van der Waals surface area contributed by atoms with Crippen LogP contribution < -0.4 is 0 Å². The highest BCUT2D eigenvalue weighted by molar-refractivity contribution is 5.68. The van der Waals surface area contributed by atoms with Gasteiger partial charge in [0.1, 0.15) is 6.61 Å². The molecule has 1 aliphatic rings. The number of likely N-dealkylation sites (tertiary alicyclic amines) is 1. The van der Waals surface area contributed by atoms with Gasteiger partial charge in [-0.2, -0.15) is 4.98 Å². The molecule has 1 aliphatic heterocycles. The Balaban J connectivity index is 1.52. The van der Waals surface area contributed by atoms with Gasteiger partial charge in [-0.1, -0.05) is 35.5 Å². The van der Waals surface area contributed by atoms with E-state index in [9.17, 15) is 4.79 Å². The van der Waals surface area contributed by atoms with Crippen LogP contribution in [0.1, 0.15) is 29.6 Å². The molecule has 21 heavy (non-hydrogen) atoms. The van der Waals surface area contributed by atoms with E-state index in [0.29, 0.717) is 31.4 Å². The molecule has 2 heterocycles. The molecule has 0 bridgehead atoms. The van der Waals surface area contributed by atoms with Crippen LogP contribution in [0.4, 0.5) is 4.79 Å². The quantitative estimate of drug-likeness (QED) is 0.867. The summed E-state index contributed by atoms with van der Waals surface area (Å²) in [6.45, 7) is 3.29. The van der Waals surface area contributed by atoms with Crippen LogP contribution in [0, 0.1) is 6.92 Å². The number of amides is 1. The zero-order valence-electron chi connectivity index (χ0n) is 11.9. The number of hydrogen-bond donors (Lipinski definition) is 0. The average Bonchev–Trinajstić information content (AvgIpc) is 3.14. The molecule has 1 unspecified atom stereocenters. The molecular formula is C15H17N3O3. The van der Waals surface area contributed by atoms with Crippen molar-refractivity contribution in [3.63, 3.8) is 0 Å². The van der Waals surface area contributed by atoms with Crippen LogP contribution in [-0.4, -0.2) is 34.2 Å². The van der Waals surface area contributed by atoms with Crippen molar-refractivity contribution in [3.05, 3.63) is 47.6 Å². The van der Waals surface area contributed by atoms with Crippen molar-refractivity contribution in [1.29, 1.82) is 0 Å². The summed E-state index contributed by atoms with van der Waals surface area (Å²) in [6.07, 6.45) is 0.528. The summed E-state index contributed by atoms with van der Waals surface area (Å²) in [7, 11) is 0. The number of benzene rings is 1. The first-order valence-electron chi connectivity index (χ1n) is 6.98. The lowest BCUT2D eigenvalue weighted by atomic mass is 10.1. The molecule has 0 N–H and O–H groups in total. The number of nitrogens with zero attached hydrogens (tertiary/aromatic N) is 3. The molecule has 0 spiro atoms. The molecule has 1 atom stereocenters.